The van der Waals surface area contributed by atoms with Crippen molar-refractivity contribution < 1.29 is 9.53 Å². The highest BCUT2D eigenvalue weighted by Gasteiger charge is 2.17. The second-order valence-electron chi connectivity index (χ2n) is 4.52. The van der Waals surface area contributed by atoms with Crippen LogP contribution in [-0.2, 0) is 9.53 Å². The minimum absolute atomic E-state index is 0.283. The van der Waals surface area contributed by atoms with Crippen molar-refractivity contribution in [2.45, 2.75) is 12.8 Å². The number of ether oxygens (including phenoxy) is 1. The highest BCUT2D eigenvalue weighted by molar-refractivity contribution is 6.31. The van der Waals surface area contributed by atoms with Gasteiger partial charge in [0.25, 0.3) is 0 Å². The maximum Gasteiger partial charge on any atom is 0.312 e. The van der Waals surface area contributed by atoms with Crippen LogP contribution in [0.2, 0.25) is 10.0 Å². The predicted octanol–water partition coefficient (Wildman–Crippen LogP) is 4.94. The molecular formula is C16H14Cl2O2. The number of carbonyl (C=O) groups is 1. The molecule has 0 fully saturated rings. The molecule has 0 bridgehead atoms. The van der Waals surface area contributed by atoms with E-state index in [2.05, 4.69) is 0 Å². The first-order chi connectivity index (χ1) is 9.51. The molecule has 0 heterocycles. The first-order valence-corrected chi connectivity index (χ1v) is 6.91. The van der Waals surface area contributed by atoms with Crippen LogP contribution in [0.4, 0.5) is 0 Å². The molecular weight excluding hydrogens is 295 g/mol. The Labute approximate surface area is 128 Å². The van der Waals surface area contributed by atoms with Gasteiger partial charge in [0.15, 0.2) is 0 Å². The van der Waals surface area contributed by atoms with Crippen LogP contribution in [0.3, 0.4) is 0 Å². The third-order valence-corrected chi connectivity index (χ3v) is 3.62. The molecule has 0 aliphatic heterocycles. The monoisotopic (exact) mass is 308 g/mol. The van der Waals surface area contributed by atoms with Crippen molar-refractivity contribution in [3.05, 3.63) is 58.1 Å². The molecule has 20 heavy (non-hydrogen) atoms. The normalized spacial score (nSPS) is 12.0. The molecule has 0 amide bonds. The van der Waals surface area contributed by atoms with Crippen molar-refractivity contribution in [1.29, 1.82) is 0 Å². The predicted molar refractivity (Wildman–Crippen MR) is 82.3 cm³/mol. The van der Waals surface area contributed by atoms with Crippen LogP contribution in [0.15, 0.2) is 42.5 Å². The summed E-state index contributed by atoms with van der Waals surface area (Å²) in [6.45, 7) is 1.79. The largest absolute Gasteiger partial charge is 0.469 e. The van der Waals surface area contributed by atoms with Crippen LogP contribution in [0.25, 0.3) is 11.1 Å². The summed E-state index contributed by atoms with van der Waals surface area (Å²) >= 11 is 12.0. The molecule has 2 aromatic carbocycles. The van der Waals surface area contributed by atoms with Crippen LogP contribution in [0.5, 0.6) is 0 Å². The summed E-state index contributed by atoms with van der Waals surface area (Å²) in [4.78, 5) is 11.6. The van der Waals surface area contributed by atoms with E-state index in [1.807, 2.05) is 36.4 Å². The van der Waals surface area contributed by atoms with E-state index in [0.29, 0.717) is 10.0 Å². The molecule has 0 aliphatic carbocycles. The van der Waals surface area contributed by atoms with Gasteiger partial charge >= 0.3 is 5.97 Å². The van der Waals surface area contributed by atoms with E-state index in [-0.39, 0.29) is 11.9 Å². The molecule has 1 atom stereocenters. The number of methoxy groups -OCH3 is 1. The molecule has 0 spiro atoms. The average molecular weight is 309 g/mol. The zero-order valence-corrected chi connectivity index (χ0v) is 12.7. The Morgan fingerprint density at radius 2 is 1.65 bits per heavy atom. The summed E-state index contributed by atoms with van der Waals surface area (Å²) in [6, 6.07) is 13.1. The SMILES string of the molecule is COC(=O)[C@H](C)c1cc(Cl)cc(-c2ccc(Cl)cc2)c1. The van der Waals surface area contributed by atoms with Crippen LogP contribution in [0, 0.1) is 0 Å². The highest BCUT2D eigenvalue weighted by Crippen LogP contribution is 2.29. The van der Waals surface area contributed by atoms with Crippen LogP contribution in [-0.4, -0.2) is 13.1 Å². The molecule has 0 aliphatic rings. The number of halogens is 2. The molecule has 0 aromatic heterocycles. The Balaban J connectivity index is 2.43. The van der Waals surface area contributed by atoms with Gasteiger partial charge < -0.3 is 4.74 Å². The van der Waals surface area contributed by atoms with Crippen molar-refractivity contribution >= 4 is 29.2 Å². The van der Waals surface area contributed by atoms with Gasteiger partial charge in [0, 0.05) is 10.0 Å². The highest BCUT2D eigenvalue weighted by atomic mass is 35.5. The lowest BCUT2D eigenvalue weighted by molar-refractivity contribution is -0.141. The minimum Gasteiger partial charge on any atom is -0.469 e. The lowest BCUT2D eigenvalue weighted by Gasteiger charge is -2.12. The summed E-state index contributed by atoms with van der Waals surface area (Å²) in [5.41, 5.74) is 2.77. The standard InChI is InChI=1S/C16H14Cl2O2/c1-10(16(19)20-2)12-7-13(9-15(18)8-12)11-3-5-14(17)6-4-11/h3-10H,1-2H3/t10-/m1/s1. The molecule has 2 nitrogen and oxygen atoms in total. The van der Waals surface area contributed by atoms with Gasteiger partial charge in [0.05, 0.1) is 13.0 Å². The summed E-state index contributed by atoms with van der Waals surface area (Å²) in [5.74, 6) is -0.640. The summed E-state index contributed by atoms with van der Waals surface area (Å²) in [7, 11) is 1.38. The van der Waals surface area contributed by atoms with Gasteiger partial charge in [-0.2, -0.15) is 0 Å². The van der Waals surface area contributed by atoms with Crippen molar-refractivity contribution in [2.75, 3.05) is 7.11 Å². The lowest BCUT2D eigenvalue weighted by atomic mass is 9.96. The van der Waals surface area contributed by atoms with E-state index in [1.165, 1.54) is 7.11 Å². The first-order valence-electron chi connectivity index (χ1n) is 6.15. The smallest absolute Gasteiger partial charge is 0.312 e. The van der Waals surface area contributed by atoms with Gasteiger partial charge in [-0.3, -0.25) is 4.79 Å². The van der Waals surface area contributed by atoms with Crippen molar-refractivity contribution in [3.8, 4) is 11.1 Å². The second kappa shape index (κ2) is 6.29. The van der Waals surface area contributed by atoms with E-state index in [4.69, 9.17) is 27.9 Å². The molecule has 0 radical (unpaired) electrons. The van der Waals surface area contributed by atoms with E-state index < -0.39 is 0 Å². The fourth-order valence-corrected chi connectivity index (χ4v) is 2.35. The van der Waals surface area contributed by atoms with E-state index >= 15 is 0 Å². The molecule has 4 heteroatoms. The van der Waals surface area contributed by atoms with Crippen LogP contribution < -0.4 is 0 Å². The van der Waals surface area contributed by atoms with Gasteiger partial charge in [-0.05, 0) is 47.9 Å². The summed E-state index contributed by atoms with van der Waals surface area (Å²) in [6.07, 6.45) is 0. The number of hydrogen-bond acceptors (Lipinski definition) is 2. The van der Waals surface area contributed by atoms with Gasteiger partial charge in [-0.25, -0.2) is 0 Å². The van der Waals surface area contributed by atoms with Crippen LogP contribution in [0.1, 0.15) is 18.4 Å². The first kappa shape index (κ1) is 14.9. The van der Waals surface area contributed by atoms with Crippen LogP contribution >= 0.6 is 23.2 Å². The van der Waals surface area contributed by atoms with Gasteiger partial charge in [0.1, 0.15) is 0 Å². The van der Waals surface area contributed by atoms with E-state index in [1.54, 1.807) is 13.0 Å². The van der Waals surface area contributed by atoms with E-state index in [9.17, 15) is 4.79 Å². The fourth-order valence-electron chi connectivity index (χ4n) is 1.98. The number of rotatable bonds is 3. The van der Waals surface area contributed by atoms with Gasteiger partial charge in [-0.15, -0.1) is 0 Å². The van der Waals surface area contributed by atoms with Crippen molar-refractivity contribution in [2.24, 2.45) is 0 Å². The Hall–Kier alpha value is -1.51. The molecule has 2 aromatic rings. The third kappa shape index (κ3) is 3.33. The maximum atomic E-state index is 11.6. The molecule has 0 N–H and O–H groups in total. The zero-order valence-electron chi connectivity index (χ0n) is 11.2. The number of benzene rings is 2. The fraction of sp³-hybridized carbons (Fsp3) is 0.188. The number of carbonyl (C=O) groups excluding carboxylic acids is 1. The second-order valence-corrected chi connectivity index (χ2v) is 5.40. The Bertz CT molecular complexity index is 621. The third-order valence-electron chi connectivity index (χ3n) is 3.15. The van der Waals surface area contributed by atoms with Crippen molar-refractivity contribution in [1.82, 2.24) is 0 Å². The molecule has 0 saturated heterocycles. The molecule has 104 valence electrons. The Morgan fingerprint density at radius 3 is 2.25 bits per heavy atom. The van der Waals surface area contributed by atoms with E-state index in [0.717, 1.165) is 16.7 Å². The number of esters is 1. The minimum atomic E-state index is -0.357. The summed E-state index contributed by atoms with van der Waals surface area (Å²) < 4.78 is 4.77. The van der Waals surface area contributed by atoms with Gasteiger partial charge in [0.2, 0.25) is 0 Å². The Kier molecular flexibility index (Phi) is 4.69. The number of hydrogen-bond donors (Lipinski definition) is 0. The maximum absolute atomic E-state index is 11.6. The molecule has 0 unspecified atom stereocenters. The lowest BCUT2D eigenvalue weighted by Crippen LogP contribution is -2.10. The topological polar surface area (TPSA) is 26.3 Å². The zero-order chi connectivity index (χ0) is 14.7. The summed E-state index contributed by atoms with van der Waals surface area (Å²) in [5, 5.41) is 1.27. The average Bonchev–Trinajstić information content (AvgIpc) is 2.45. The molecule has 2 rings (SSSR count). The quantitative estimate of drug-likeness (QED) is 0.751. The molecule has 0 saturated carbocycles. The Morgan fingerprint density at radius 1 is 1.00 bits per heavy atom. The van der Waals surface area contributed by atoms with Crippen molar-refractivity contribution in [3.63, 3.8) is 0 Å². The van der Waals surface area contributed by atoms with Gasteiger partial charge in [-0.1, -0.05) is 41.4 Å².